The van der Waals surface area contributed by atoms with E-state index in [1.54, 1.807) is 6.92 Å². The molecule has 0 spiro atoms. The van der Waals surface area contributed by atoms with Crippen molar-refractivity contribution in [2.75, 3.05) is 13.1 Å². The summed E-state index contributed by atoms with van der Waals surface area (Å²) in [5.41, 5.74) is -0.903. The van der Waals surface area contributed by atoms with E-state index in [1.165, 1.54) is 0 Å². The predicted molar refractivity (Wildman–Crippen MR) is 29.5 cm³/mol. The molecular weight excluding hydrogens is 106 g/mol. The van der Waals surface area contributed by atoms with Gasteiger partial charge in [0.25, 0.3) is 0 Å². The zero-order valence-electron chi connectivity index (χ0n) is 4.89. The van der Waals surface area contributed by atoms with E-state index in [4.69, 9.17) is 10.2 Å². The molecule has 1 aliphatic heterocycles. The highest BCUT2D eigenvalue weighted by Crippen LogP contribution is 2.12. The van der Waals surface area contributed by atoms with Crippen LogP contribution in [0.3, 0.4) is 0 Å². The van der Waals surface area contributed by atoms with Crippen molar-refractivity contribution in [1.82, 2.24) is 5.32 Å². The Kier molecular flexibility index (Phi) is 1.27. The lowest BCUT2D eigenvalue weighted by Gasteiger charge is -2.18. The maximum atomic E-state index is 9.15. The largest absolute Gasteiger partial charge is 0.389 e. The molecule has 2 atom stereocenters. The molecule has 0 aromatic heterocycles. The topological polar surface area (TPSA) is 52.5 Å². The summed E-state index contributed by atoms with van der Waals surface area (Å²) in [7, 11) is 0. The van der Waals surface area contributed by atoms with Crippen LogP contribution in [-0.2, 0) is 0 Å². The summed E-state index contributed by atoms with van der Waals surface area (Å²) < 4.78 is 0. The number of β-amino-alcohol motifs (C(OH)–C–C–N with tert-alkyl or cyclic N) is 2. The second-order valence-corrected chi connectivity index (χ2v) is 2.50. The van der Waals surface area contributed by atoms with Gasteiger partial charge in [0.2, 0.25) is 0 Å². The molecule has 1 aliphatic rings. The van der Waals surface area contributed by atoms with Gasteiger partial charge in [0, 0.05) is 13.1 Å². The molecule has 48 valence electrons. The van der Waals surface area contributed by atoms with Crippen LogP contribution in [-0.4, -0.2) is 35.0 Å². The Hall–Kier alpha value is -0.120. The van der Waals surface area contributed by atoms with Crippen molar-refractivity contribution in [3.8, 4) is 0 Å². The van der Waals surface area contributed by atoms with E-state index in [0.29, 0.717) is 13.1 Å². The highest BCUT2D eigenvalue weighted by Gasteiger charge is 2.34. The van der Waals surface area contributed by atoms with Crippen LogP contribution in [0.15, 0.2) is 0 Å². The molecule has 3 N–H and O–H groups in total. The van der Waals surface area contributed by atoms with Gasteiger partial charge in [-0.1, -0.05) is 0 Å². The Labute approximate surface area is 48.3 Å². The summed E-state index contributed by atoms with van der Waals surface area (Å²) in [5.74, 6) is 0. The molecule has 1 fully saturated rings. The van der Waals surface area contributed by atoms with E-state index in [1.807, 2.05) is 0 Å². The maximum Gasteiger partial charge on any atom is 0.101 e. The summed E-state index contributed by atoms with van der Waals surface area (Å²) in [5, 5.41) is 21.0. The molecule has 0 bridgehead atoms. The highest BCUT2D eigenvalue weighted by atomic mass is 16.3. The van der Waals surface area contributed by atoms with Crippen molar-refractivity contribution in [3.63, 3.8) is 0 Å². The summed E-state index contributed by atoms with van der Waals surface area (Å²) in [6.45, 7) is 2.62. The van der Waals surface area contributed by atoms with Gasteiger partial charge in [0.1, 0.15) is 5.60 Å². The Bertz CT molecular complexity index is 92.4. The minimum absolute atomic E-state index is 0.494. The average molecular weight is 117 g/mol. The number of nitrogens with one attached hydrogen (secondary N) is 1. The molecule has 0 aromatic rings. The average Bonchev–Trinajstić information content (AvgIpc) is 1.86. The summed E-state index contributed by atoms with van der Waals surface area (Å²) in [6.07, 6.45) is -0.595. The summed E-state index contributed by atoms with van der Waals surface area (Å²) >= 11 is 0. The van der Waals surface area contributed by atoms with Gasteiger partial charge in [-0.25, -0.2) is 0 Å². The summed E-state index contributed by atoms with van der Waals surface area (Å²) in [4.78, 5) is 0. The quantitative estimate of drug-likeness (QED) is 0.369. The van der Waals surface area contributed by atoms with Gasteiger partial charge in [0.05, 0.1) is 6.10 Å². The molecular formula is C5H11NO2. The number of rotatable bonds is 0. The van der Waals surface area contributed by atoms with E-state index in [-0.39, 0.29) is 0 Å². The molecule has 3 heteroatoms. The zero-order valence-corrected chi connectivity index (χ0v) is 4.89. The predicted octanol–water partition coefficient (Wildman–Crippen LogP) is -1.30. The summed E-state index contributed by atoms with van der Waals surface area (Å²) in [6, 6.07) is 0. The van der Waals surface area contributed by atoms with Crippen LogP contribution in [0.2, 0.25) is 0 Å². The first-order valence-corrected chi connectivity index (χ1v) is 2.74. The first-order valence-electron chi connectivity index (χ1n) is 2.74. The molecule has 3 nitrogen and oxygen atoms in total. The van der Waals surface area contributed by atoms with E-state index in [2.05, 4.69) is 5.32 Å². The van der Waals surface area contributed by atoms with Crippen LogP contribution < -0.4 is 5.32 Å². The first kappa shape index (κ1) is 6.01. The van der Waals surface area contributed by atoms with Gasteiger partial charge in [-0.05, 0) is 6.92 Å². The molecule has 0 unspecified atom stereocenters. The Balaban J connectivity index is 2.54. The standard InChI is InChI=1S/C5H11NO2/c1-5(8)3-6-2-4(5)7/h4,6-8H,2-3H2,1H3/t4-,5-/m0/s1. The van der Waals surface area contributed by atoms with E-state index >= 15 is 0 Å². The second-order valence-electron chi connectivity index (χ2n) is 2.50. The highest BCUT2D eigenvalue weighted by molar-refractivity contribution is 4.91. The lowest BCUT2D eigenvalue weighted by molar-refractivity contribution is -0.0246. The Morgan fingerprint density at radius 2 is 2.38 bits per heavy atom. The van der Waals surface area contributed by atoms with Crippen LogP contribution in [0.25, 0.3) is 0 Å². The van der Waals surface area contributed by atoms with Crippen molar-refractivity contribution in [3.05, 3.63) is 0 Å². The van der Waals surface area contributed by atoms with Crippen molar-refractivity contribution < 1.29 is 10.2 Å². The van der Waals surface area contributed by atoms with E-state index in [9.17, 15) is 0 Å². The van der Waals surface area contributed by atoms with Gasteiger partial charge in [-0.3, -0.25) is 0 Å². The van der Waals surface area contributed by atoms with Gasteiger partial charge < -0.3 is 15.5 Å². The number of hydrogen-bond donors (Lipinski definition) is 3. The Morgan fingerprint density at radius 1 is 1.75 bits per heavy atom. The monoisotopic (exact) mass is 117 g/mol. The number of aliphatic hydroxyl groups is 2. The fourth-order valence-electron chi connectivity index (χ4n) is 0.800. The SMILES string of the molecule is C[C@]1(O)CNC[C@@H]1O. The molecule has 8 heavy (non-hydrogen) atoms. The first-order chi connectivity index (χ1) is 3.63. The van der Waals surface area contributed by atoms with Crippen LogP contribution in [0.1, 0.15) is 6.92 Å². The van der Waals surface area contributed by atoms with Gasteiger partial charge in [-0.2, -0.15) is 0 Å². The second kappa shape index (κ2) is 1.69. The van der Waals surface area contributed by atoms with Gasteiger partial charge >= 0.3 is 0 Å². The van der Waals surface area contributed by atoms with Crippen molar-refractivity contribution in [1.29, 1.82) is 0 Å². The normalized spacial score (nSPS) is 47.6. The Morgan fingerprint density at radius 3 is 2.50 bits per heavy atom. The molecule has 1 saturated heterocycles. The lowest BCUT2D eigenvalue weighted by atomic mass is 10.0. The maximum absolute atomic E-state index is 9.15. The smallest absolute Gasteiger partial charge is 0.101 e. The van der Waals surface area contributed by atoms with Gasteiger partial charge in [0.15, 0.2) is 0 Å². The third kappa shape index (κ3) is 0.844. The molecule has 0 aromatic carbocycles. The molecule has 0 radical (unpaired) electrons. The van der Waals surface area contributed by atoms with Crippen LogP contribution in [0.4, 0.5) is 0 Å². The third-order valence-corrected chi connectivity index (χ3v) is 1.54. The van der Waals surface area contributed by atoms with Gasteiger partial charge in [-0.15, -0.1) is 0 Å². The molecule has 1 heterocycles. The van der Waals surface area contributed by atoms with E-state index in [0.717, 1.165) is 0 Å². The minimum atomic E-state index is -0.903. The van der Waals surface area contributed by atoms with Crippen LogP contribution in [0.5, 0.6) is 0 Å². The van der Waals surface area contributed by atoms with Crippen molar-refractivity contribution in [2.45, 2.75) is 18.6 Å². The fraction of sp³-hybridized carbons (Fsp3) is 1.00. The zero-order chi connectivity index (χ0) is 6.20. The van der Waals surface area contributed by atoms with E-state index < -0.39 is 11.7 Å². The lowest BCUT2D eigenvalue weighted by Crippen LogP contribution is -2.37. The molecule has 0 saturated carbocycles. The van der Waals surface area contributed by atoms with Crippen molar-refractivity contribution in [2.24, 2.45) is 0 Å². The van der Waals surface area contributed by atoms with Crippen molar-refractivity contribution >= 4 is 0 Å². The minimum Gasteiger partial charge on any atom is -0.389 e. The number of hydrogen-bond acceptors (Lipinski definition) is 3. The fourth-order valence-corrected chi connectivity index (χ4v) is 0.800. The molecule has 0 aliphatic carbocycles. The third-order valence-electron chi connectivity index (χ3n) is 1.54. The molecule has 0 amide bonds. The molecule has 1 rings (SSSR count). The number of aliphatic hydroxyl groups excluding tert-OH is 1. The van der Waals surface area contributed by atoms with Crippen LogP contribution in [0, 0.1) is 0 Å². The van der Waals surface area contributed by atoms with Crippen LogP contribution >= 0.6 is 0 Å².